The third kappa shape index (κ3) is 3.08. The predicted octanol–water partition coefficient (Wildman–Crippen LogP) is 0.898. The summed E-state index contributed by atoms with van der Waals surface area (Å²) in [6.45, 7) is 1.51. The average molecular weight is 284 g/mol. The molecule has 5 nitrogen and oxygen atoms in total. The summed E-state index contributed by atoms with van der Waals surface area (Å²) in [5, 5.41) is 9.65. The Morgan fingerprint density at radius 1 is 1.26 bits per heavy atom. The molecule has 1 atom stereocenters. The van der Waals surface area contributed by atoms with E-state index in [9.17, 15) is 13.5 Å². The van der Waals surface area contributed by atoms with Gasteiger partial charge in [0.2, 0.25) is 10.0 Å². The second kappa shape index (κ2) is 5.48. The molecular formula is C13H20N2O3S. The standard InChI is InChI=1S/C13H20N2O3S/c1-14(2)19(17,18)13-7-5-11(6-8-13)15-9-3-4-12(16)10-15/h5-8,12,16H,3-4,9-10H2,1-2H3/t12-/m1/s1. The zero-order valence-electron chi connectivity index (χ0n) is 11.3. The molecule has 0 unspecified atom stereocenters. The van der Waals surface area contributed by atoms with E-state index in [2.05, 4.69) is 4.90 Å². The number of hydrogen-bond acceptors (Lipinski definition) is 4. The van der Waals surface area contributed by atoms with Gasteiger partial charge in [-0.2, -0.15) is 0 Å². The number of aliphatic hydroxyl groups is 1. The summed E-state index contributed by atoms with van der Waals surface area (Å²) in [5.74, 6) is 0. The number of hydrogen-bond donors (Lipinski definition) is 1. The van der Waals surface area contributed by atoms with Crippen molar-refractivity contribution in [1.82, 2.24) is 4.31 Å². The van der Waals surface area contributed by atoms with Crippen molar-refractivity contribution in [3.8, 4) is 0 Å². The highest BCUT2D eigenvalue weighted by molar-refractivity contribution is 7.89. The van der Waals surface area contributed by atoms with E-state index >= 15 is 0 Å². The highest BCUT2D eigenvalue weighted by atomic mass is 32.2. The minimum atomic E-state index is -3.37. The Hall–Kier alpha value is -1.11. The number of aliphatic hydroxyl groups excluding tert-OH is 1. The number of piperidine rings is 1. The van der Waals surface area contributed by atoms with Crippen LogP contribution in [0.2, 0.25) is 0 Å². The van der Waals surface area contributed by atoms with Gasteiger partial charge >= 0.3 is 0 Å². The Morgan fingerprint density at radius 3 is 2.42 bits per heavy atom. The third-order valence-corrected chi connectivity index (χ3v) is 5.21. The van der Waals surface area contributed by atoms with Gasteiger partial charge in [0, 0.05) is 32.9 Å². The molecule has 0 bridgehead atoms. The van der Waals surface area contributed by atoms with E-state index in [1.807, 2.05) is 0 Å². The van der Waals surface area contributed by atoms with Crippen molar-refractivity contribution in [2.24, 2.45) is 0 Å². The Kier molecular flexibility index (Phi) is 4.13. The fourth-order valence-electron chi connectivity index (χ4n) is 2.23. The number of rotatable bonds is 3. The molecule has 1 fully saturated rings. The van der Waals surface area contributed by atoms with Gasteiger partial charge < -0.3 is 10.0 Å². The van der Waals surface area contributed by atoms with E-state index in [0.29, 0.717) is 11.4 Å². The topological polar surface area (TPSA) is 60.9 Å². The van der Waals surface area contributed by atoms with Crippen LogP contribution in [0.3, 0.4) is 0 Å². The van der Waals surface area contributed by atoms with Crippen molar-refractivity contribution in [3.05, 3.63) is 24.3 Å². The molecule has 6 heteroatoms. The van der Waals surface area contributed by atoms with Gasteiger partial charge in [0.15, 0.2) is 0 Å². The van der Waals surface area contributed by atoms with Crippen LogP contribution in [-0.2, 0) is 10.0 Å². The first kappa shape index (κ1) is 14.3. The second-order valence-electron chi connectivity index (χ2n) is 5.02. The molecule has 19 heavy (non-hydrogen) atoms. The van der Waals surface area contributed by atoms with Crippen LogP contribution in [0.25, 0.3) is 0 Å². The highest BCUT2D eigenvalue weighted by Crippen LogP contribution is 2.22. The summed E-state index contributed by atoms with van der Waals surface area (Å²) < 4.78 is 25.1. The van der Waals surface area contributed by atoms with Crippen LogP contribution in [0, 0.1) is 0 Å². The summed E-state index contributed by atoms with van der Waals surface area (Å²) in [4.78, 5) is 2.37. The summed E-state index contributed by atoms with van der Waals surface area (Å²) in [6, 6.07) is 6.83. The molecule has 1 N–H and O–H groups in total. The van der Waals surface area contributed by atoms with Crippen LogP contribution < -0.4 is 4.90 Å². The van der Waals surface area contributed by atoms with E-state index in [1.54, 1.807) is 24.3 Å². The monoisotopic (exact) mass is 284 g/mol. The molecule has 0 saturated carbocycles. The largest absolute Gasteiger partial charge is 0.391 e. The van der Waals surface area contributed by atoms with Crippen LogP contribution in [0.15, 0.2) is 29.2 Å². The lowest BCUT2D eigenvalue weighted by molar-refractivity contribution is 0.154. The normalized spacial score (nSPS) is 20.8. The summed E-state index contributed by atoms with van der Waals surface area (Å²) >= 11 is 0. The molecule has 0 radical (unpaired) electrons. The number of sulfonamides is 1. The van der Waals surface area contributed by atoms with Gasteiger partial charge in [0.05, 0.1) is 11.0 Å². The van der Waals surface area contributed by atoms with Crippen LogP contribution >= 0.6 is 0 Å². The SMILES string of the molecule is CN(C)S(=O)(=O)c1ccc(N2CCC[C@@H](O)C2)cc1. The zero-order chi connectivity index (χ0) is 14.0. The molecule has 1 saturated heterocycles. The molecule has 0 spiro atoms. The van der Waals surface area contributed by atoms with Gasteiger partial charge in [-0.1, -0.05) is 0 Å². The van der Waals surface area contributed by atoms with Gasteiger partial charge in [-0.3, -0.25) is 0 Å². The average Bonchev–Trinajstić information content (AvgIpc) is 2.38. The quantitative estimate of drug-likeness (QED) is 0.896. The molecular weight excluding hydrogens is 264 g/mol. The van der Waals surface area contributed by atoms with E-state index in [-0.39, 0.29) is 6.10 Å². The molecule has 106 valence electrons. The summed E-state index contributed by atoms with van der Waals surface area (Å²) in [6.07, 6.45) is 1.50. The first-order valence-corrected chi connectivity index (χ1v) is 7.81. The first-order chi connectivity index (χ1) is 8.91. The summed E-state index contributed by atoms with van der Waals surface area (Å²) in [7, 11) is -0.334. The van der Waals surface area contributed by atoms with Crippen molar-refractivity contribution < 1.29 is 13.5 Å². The molecule has 0 amide bonds. The van der Waals surface area contributed by atoms with Crippen molar-refractivity contribution >= 4 is 15.7 Å². The van der Waals surface area contributed by atoms with Crippen molar-refractivity contribution in [2.45, 2.75) is 23.8 Å². The molecule has 0 aliphatic carbocycles. The van der Waals surface area contributed by atoms with Gasteiger partial charge in [-0.25, -0.2) is 12.7 Å². The molecule has 1 aliphatic rings. The number of nitrogens with zero attached hydrogens (tertiary/aromatic N) is 2. The summed E-state index contributed by atoms with van der Waals surface area (Å²) in [5.41, 5.74) is 0.955. The maximum atomic E-state index is 11.9. The Bertz CT molecular complexity index is 525. The lowest BCUT2D eigenvalue weighted by Gasteiger charge is -2.32. The van der Waals surface area contributed by atoms with E-state index in [4.69, 9.17) is 0 Å². The maximum Gasteiger partial charge on any atom is 0.242 e. The van der Waals surface area contributed by atoms with E-state index in [1.165, 1.54) is 18.4 Å². The second-order valence-corrected chi connectivity index (χ2v) is 7.18. The lowest BCUT2D eigenvalue weighted by Crippen LogP contribution is -2.38. The predicted molar refractivity (Wildman–Crippen MR) is 74.8 cm³/mol. The van der Waals surface area contributed by atoms with Gasteiger partial charge in [-0.15, -0.1) is 0 Å². The van der Waals surface area contributed by atoms with E-state index < -0.39 is 10.0 Å². The molecule has 0 aromatic heterocycles. The number of benzene rings is 1. The molecule has 1 heterocycles. The number of β-amino-alcohol motifs (C(OH)–C–C–N with tert-alkyl or cyclic N) is 1. The van der Waals surface area contributed by atoms with Crippen LogP contribution in [0.4, 0.5) is 5.69 Å². The number of anilines is 1. The molecule has 2 rings (SSSR count). The minimum Gasteiger partial charge on any atom is -0.391 e. The Morgan fingerprint density at radius 2 is 1.89 bits per heavy atom. The molecule has 1 aliphatic heterocycles. The fraction of sp³-hybridized carbons (Fsp3) is 0.538. The van der Waals surface area contributed by atoms with Crippen molar-refractivity contribution in [3.63, 3.8) is 0 Å². The molecule has 1 aromatic carbocycles. The van der Waals surface area contributed by atoms with Crippen molar-refractivity contribution in [1.29, 1.82) is 0 Å². The lowest BCUT2D eigenvalue weighted by atomic mass is 10.1. The third-order valence-electron chi connectivity index (χ3n) is 3.38. The van der Waals surface area contributed by atoms with Gasteiger partial charge in [-0.05, 0) is 37.1 Å². The van der Waals surface area contributed by atoms with E-state index in [0.717, 1.165) is 25.1 Å². The Balaban J connectivity index is 2.19. The smallest absolute Gasteiger partial charge is 0.242 e. The maximum absolute atomic E-state index is 11.9. The van der Waals surface area contributed by atoms with Crippen LogP contribution in [0.5, 0.6) is 0 Å². The van der Waals surface area contributed by atoms with Gasteiger partial charge in [0.25, 0.3) is 0 Å². The van der Waals surface area contributed by atoms with Crippen LogP contribution in [0.1, 0.15) is 12.8 Å². The minimum absolute atomic E-state index is 0.291. The van der Waals surface area contributed by atoms with Crippen molar-refractivity contribution in [2.75, 3.05) is 32.1 Å². The highest BCUT2D eigenvalue weighted by Gasteiger charge is 2.20. The first-order valence-electron chi connectivity index (χ1n) is 6.37. The Labute approximate surface area is 114 Å². The fourth-order valence-corrected chi connectivity index (χ4v) is 3.13. The zero-order valence-corrected chi connectivity index (χ0v) is 12.1. The molecule has 1 aromatic rings. The van der Waals surface area contributed by atoms with Crippen LogP contribution in [-0.4, -0.2) is 51.1 Å². The van der Waals surface area contributed by atoms with Gasteiger partial charge in [0.1, 0.15) is 0 Å².